The quantitative estimate of drug-likeness (QED) is 0.816. The van der Waals surface area contributed by atoms with Gasteiger partial charge in [-0.15, -0.1) is 0 Å². The number of nitrogens with one attached hydrogen (secondary N) is 1. The van der Waals surface area contributed by atoms with E-state index in [0.717, 1.165) is 44.5 Å². The van der Waals surface area contributed by atoms with E-state index in [0.29, 0.717) is 28.4 Å². The van der Waals surface area contributed by atoms with Gasteiger partial charge in [0.25, 0.3) is 5.56 Å². The van der Waals surface area contributed by atoms with Crippen molar-refractivity contribution >= 4 is 35.0 Å². The lowest BCUT2D eigenvalue weighted by Crippen LogP contribution is -2.42. The van der Waals surface area contributed by atoms with Gasteiger partial charge in [0.05, 0.1) is 22.8 Å². The number of halogens is 2. The van der Waals surface area contributed by atoms with Crippen LogP contribution in [0.5, 0.6) is 0 Å². The number of aromatic nitrogens is 2. The van der Waals surface area contributed by atoms with E-state index in [9.17, 15) is 4.79 Å². The molecule has 2 saturated heterocycles. The molecule has 2 aliphatic heterocycles. The molecule has 6 nitrogen and oxygen atoms in total. The SMILES string of the molecule is C[C@@H]1CN(c2cc(=O)[nH]c(N3CCC[C@@H]3Cc3ccc(Cl)c(Cl)c3)n2)CCO1. The molecule has 4 rings (SSSR count). The van der Waals surface area contributed by atoms with Gasteiger partial charge in [-0.05, 0) is 43.9 Å². The van der Waals surface area contributed by atoms with Crippen LogP contribution in [0.25, 0.3) is 0 Å². The van der Waals surface area contributed by atoms with Gasteiger partial charge in [-0.2, -0.15) is 4.98 Å². The summed E-state index contributed by atoms with van der Waals surface area (Å²) in [5, 5.41) is 1.13. The van der Waals surface area contributed by atoms with Gasteiger partial charge in [0, 0.05) is 31.7 Å². The van der Waals surface area contributed by atoms with Crippen LogP contribution < -0.4 is 15.4 Å². The summed E-state index contributed by atoms with van der Waals surface area (Å²) in [5.74, 6) is 1.36. The third-order valence-electron chi connectivity index (χ3n) is 5.39. The molecule has 0 aliphatic carbocycles. The fourth-order valence-corrected chi connectivity index (χ4v) is 4.34. The molecule has 8 heteroatoms. The number of anilines is 2. The lowest BCUT2D eigenvalue weighted by atomic mass is 10.0. The second-order valence-electron chi connectivity index (χ2n) is 7.50. The van der Waals surface area contributed by atoms with E-state index in [4.69, 9.17) is 32.9 Å². The van der Waals surface area contributed by atoms with Crippen molar-refractivity contribution in [1.82, 2.24) is 9.97 Å². The van der Waals surface area contributed by atoms with Crippen LogP contribution in [0.2, 0.25) is 10.0 Å². The fraction of sp³-hybridized carbons (Fsp3) is 0.500. The Bertz CT molecular complexity index is 904. The molecule has 0 unspecified atom stereocenters. The largest absolute Gasteiger partial charge is 0.375 e. The minimum absolute atomic E-state index is 0.126. The van der Waals surface area contributed by atoms with Crippen LogP contribution in [0.15, 0.2) is 29.1 Å². The number of morpholine rings is 1. The first-order valence-corrected chi connectivity index (χ1v) is 10.4. The maximum atomic E-state index is 12.3. The Hall–Kier alpha value is -1.76. The van der Waals surface area contributed by atoms with E-state index < -0.39 is 0 Å². The van der Waals surface area contributed by atoms with Crippen molar-refractivity contribution in [2.45, 2.75) is 38.3 Å². The van der Waals surface area contributed by atoms with Gasteiger partial charge in [0.15, 0.2) is 0 Å². The minimum atomic E-state index is -0.126. The summed E-state index contributed by atoms with van der Waals surface area (Å²) >= 11 is 12.2. The summed E-state index contributed by atoms with van der Waals surface area (Å²) in [6, 6.07) is 7.60. The van der Waals surface area contributed by atoms with Gasteiger partial charge < -0.3 is 14.5 Å². The number of rotatable bonds is 4. The first-order valence-electron chi connectivity index (χ1n) is 9.68. The molecule has 1 aromatic carbocycles. The third-order valence-corrected chi connectivity index (χ3v) is 6.12. The van der Waals surface area contributed by atoms with Crippen LogP contribution in [0, 0.1) is 0 Å². The molecule has 2 aliphatic rings. The lowest BCUT2D eigenvalue weighted by molar-refractivity contribution is 0.0529. The molecule has 28 heavy (non-hydrogen) atoms. The van der Waals surface area contributed by atoms with Crippen molar-refractivity contribution in [2.24, 2.45) is 0 Å². The number of hydrogen-bond acceptors (Lipinski definition) is 5. The second-order valence-corrected chi connectivity index (χ2v) is 8.31. The standard InChI is InChI=1S/C20H24Cl2N4O2/c1-13-12-25(7-8-28-13)18-11-19(27)24-20(23-18)26-6-2-3-15(26)9-14-4-5-16(21)17(22)10-14/h4-5,10-11,13,15H,2-3,6-9,12H2,1H3,(H,23,24,27)/t13-,15-/m1/s1. The molecule has 0 radical (unpaired) electrons. The first kappa shape index (κ1) is 19.6. The predicted molar refractivity (Wildman–Crippen MR) is 113 cm³/mol. The lowest BCUT2D eigenvalue weighted by Gasteiger charge is -2.33. The van der Waals surface area contributed by atoms with E-state index >= 15 is 0 Å². The molecule has 2 atom stereocenters. The zero-order valence-electron chi connectivity index (χ0n) is 15.8. The number of ether oxygens (including phenoxy) is 1. The Labute approximate surface area is 174 Å². The van der Waals surface area contributed by atoms with Crippen LogP contribution in [-0.4, -0.2) is 48.4 Å². The Balaban J connectivity index is 1.56. The van der Waals surface area contributed by atoms with Gasteiger partial charge in [-0.25, -0.2) is 0 Å². The molecule has 0 amide bonds. The van der Waals surface area contributed by atoms with Crippen molar-refractivity contribution in [3.05, 3.63) is 50.2 Å². The highest BCUT2D eigenvalue weighted by atomic mass is 35.5. The highest BCUT2D eigenvalue weighted by molar-refractivity contribution is 6.42. The van der Waals surface area contributed by atoms with E-state index in [1.807, 2.05) is 25.1 Å². The van der Waals surface area contributed by atoms with Gasteiger partial charge >= 0.3 is 0 Å². The maximum Gasteiger partial charge on any atom is 0.254 e. The second kappa shape index (κ2) is 8.31. The fourth-order valence-electron chi connectivity index (χ4n) is 4.02. The van der Waals surface area contributed by atoms with E-state index in [2.05, 4.69) is 14.8 Å². The molecule has 0 spiro atoms. The van der Waals surface area contributed by atoms with Crippen LogP contribution in [0.3, 0.4) is 0 Å². The van der Waals surface area contributed by atoms with Crippen LogP contribution in [0.4, 0.5) is 11.8 Å². The average molecular weight is 423 g/mol. The normalized spacial score (nSPS) is 22.7. The molecular weight excluding hydrogens is 399 g/mol. The van der Waals surface area contributed by atoms with E-state index in [-0.39, 0.29) is 17.7 Å². The van der Waals surface area contributed by atoms with Crippen LogP contribution in [-0.2, 0) is 11.2 Å². The molecule has 150 valence electrons. The highest BCUT2D eigenvalue weighted by Crippen LogP contribution is 2.28. The zero-order chi connectivity index (χ0) is 19.7. The third kappa shape index (κ3) is 4.29. The van der Waals surface area contributed by atoms with Crippen molar-refractivity contribution < 1.29 is 4.74 Å². The maximum absolute atomic E-state index is 12.3. The van der Waals surface area contributed by atoms with Gasteiger partial charge in [-0.1, -0.05) is 29.3 Å². The minimum Gasteiger partial charge on any atom is -0.375 e. The van der Waals surface area contributed by atoms with Crippen LogP contribution >= 0.6 is 23.2 Å². The Kier molecular flexibility index (Phi) is 5.80. The number of hydrogen-bond donors (Lipinski definition) is 1. The summed E-state index contributed by atoms with van der Waals surface area (Å²) in [7, 11) is 0. The Morgan fingerprint density at radius 3 is 2.89 bits per heavy atom. The van der Waals surface area contributed by atoms with Crippen LogP contribution in [0.1, 0.15) is 25.3 Å². The summed E-state index contributed by atoms with van der Waals surface area (Å²) in [6.07, 6.45) is 3.07. The smallest absolute Gasteiger partial charge is 0.254 e. The van der Waals surface area contributed by atoms with Crippen molar-refractivity contribution in [3.63, 3.8) is 0 Å². The van der Waals surface area contributed by atoms with Crippen molar-refractivity contribution in [1.29, 1.82) is 0 Å². The number of benzene rings is 1. The molecule has 1 aromatic heterocycles. The molecule has 2 fully saturated rings. The molecule has 3 heterocycles. The molecule has 0 saturated carbocycles. The zero-order valence-corrected chi connectivity index (χ0v) is 17.3. The topological polar surface area (TPSA) is 61.5 Å². The number of H-pyrrole nitrogens is 1. The van der Waals surface area contributed by atoms with Crippen molar-refractivity contribution in [2.75, 3.05) is 36.0 Å². The summed E-state index contributed by atoms with van der Waals surface area (Å²) in [4.78, 5) is 24.4. The Morgan fingerprint density at radius 2 is 2.11 bits per heavy atom. The van der Waals surface area contributed by atoms with Gasteiger partial charge in [-0.3, -0.25) is 9.78 Å². The molecule has 1 N–H and O–H groups in total. The van der Waals surface area contributed by atoms with Crippen molar-refractivity contribution in [3.8, 4) is 0 Å². The summed E-state index contributed by atoms with van der Waals surface area (Å²) < 4.78 is 5.61. The molecule has 2 aromatic rings. The van der Waals surface area contributed by atoms with E-state index in [1.54, 1.807) is 6.07 Å². The summed E-state index contributed by atoms with van der Waals surface area (Å²) in [5.41, 5.74) is 1.01. The average Bonchev–Trinajstić information content (AvgIpc) is 3.12. The number of aromatic amines is 1. The Morgan fingerprint density at radius 1 is 1.25 bits per heavy atom. The first-order chi connectivity index (χ1) is 13.5. The number of nitrogens with zero attached hydrogens (tertiary/aromatic N) is 3. The van der Waals surface area contributed by atoms with Gasteiger partial charge in [0.1, 0.15) is 5.82 Å². The van der Waals surface area contributed by atoms with E-state index in [1.165, 1.54) is 0 Å². The van der Waals surface area contributed by atoms with Gasteiger partial charge in [0.2, 0.25) is 5.95 Å². The monoisotopic (exact) mass is 422 g/mol. The highest BCUT2D eigenvalue weighted by Gasteiger charge is 2.28. The molecule has 0 bridgehead atoms. The molecular formula is C20H24Cl2N4O2. The summed E-state index contributed by atoms with van der Waals surface area (Å²) in [6.45, 7) is 5.04. The predicted octanol–water partition coefficient (Wildman–Crippen LogP) is 3.51.